The molecule has 1 rings (SSSR count). The third kappa shape index (κ3) is 3.91. The Balaban J connectivity index is 2.53. The van der Waals surface area contributed by atoms with E-state index in [2.05, 4.69) is 0 Å². The molecule has 4 nitrogen and oxygen atoms in total. The predicted molar refractivity (Wildman–Crippen MR) is 53.6 cm³/mol. The number of Topliss-reactive ketones (excluding diaryl/α,β-unsaturated/α-hetero) is 1. The topological polar surface area (TPSA) is 74.6 Å². The minimum atomic E-state index is -1.12. The van der Waals surface area contributed by atoms with Crippen LogP contribution in [0.25, 0.3) is 0 Å². The van der Waals surface area contributed by atoms with E-state index in [1.165, 1.54) is 0 Å². The van der Waals surface area contributed by atoms with Crippen LogP contribution < -0.4 is 0 Å². The lowest BCUT2D eigenvalue weighted by Gasteiger charge is -2.06. The summed E-state index contributed by atoms with van der Waals surface area (Å²) in [6.45, 7) is 0. The van der Waals surface area contributed by atoms with Crippen LogP contribution in [0.5, 0.6) is 0 Å². The van der Waals surface area contributed by atoms with Crippen molar-refractivity contribution in [2.45, 2.75) is 18.9 Å². The van der Waals surface area contributed by atoms with Crippen molar-refractivity contribution < 1.29 is 19.8 Å². The van der Waals surface area contributed by atoms with E-state index in [1.54, 1.807) is 30.3 Å². The van der Waals surface area contributed by atoms with Gasteiger partial charge in [-0.15, -0.1) is 0 Å². The maximum Gasteiger partial charge on any atom is 0.305 e. The largest absolute Gasteiger partial charge is 0.481 e. The molecule has 0 amide bonds. The fraction of sp³-hybridized carbons (Fsp3) is 0.273. The van der Waals surface area contributed by atoms with E-state index in [1.807, 2.05) is 0 Å². The monoisotopic (exact) mass is 208 g/mol. The van der Waals surface area contributed by atoms with Crippen molar-refractivity contribution in [3.63, 3.8) is 0 Å². The number of aliphatic carboxylic acids is 1. The van der Waals surface area contributed by atoms with Crippen LogP contribution in [-0.4, -0.2) is 28.1 Å². The molecule has 1 aromatic carbocycles. The third-order valence-electron chi connectivity index (χ3n) is 1.93. The molecule has 0 saturated heterocycles. The molecule has 0 bridgehead atoms. The Morgan fingerprint density at radius 2 is 1.73 bits per heavy atom. The lowest BCUT2D eigenvalue weighted by molar-refractivity contribution is -0.139. The number of hydrogen-bond acceptors (Lipinski definition) is 3. The van der Waals surface area contributed by atoms with Gasteiger partial charge in [0.25, 0.3) is 0 Å². The zero-order valence-electron chi connectivity index (χ0n) is 8.09. The first-order valence-electron chi connectivity index (χ1n) is 4.57. The number of rotatable bonds is 5. The van der Waals surface area contributed by atoms with Gasteiger partial charge in [0.15, 0.2) is 5.78 Å². The van der Waals surface area contributed by atoms with Crippen LogP contribution in [0, 0.1) is 0 Å². The lowest BCUT2D eigenvalue weighted by atomic mass is 10.0. The van der Waals surface area contributed by atoms with Gasteiger partial charge in [-0.05, 0) is 0 Å². The zero-order valence-corrected chi connectivity index (χ0v) is 8.09. The van der Waals surface area contributed by atoms with Gasteiger partial charge in [-0.1, -0.05) is 30.3 Å². The van der Waals surface area contributed by atoms with E-state index < -0.39 is 18.5 Å². The number of carboxylic acid groups (broad SMARTS) is 1. The van der Waals surface area contributed by atoms with Gasteiger partial charge in [0.05, 0.1) is 12.5 Å². The van der Waals surface area contributed by atoms with Crippen LogP contribution in [0.1, 0.15) is 23.2 Å². The number of aliphatic hydroxyl groups excluding tert-OH is 1. The first kappa shape index (κ1) is 11.4. The van der Waals surface area contributed by atoms with Gasteiger partial charge < -0.3 is 10.2 Å². The second kappa shape index (κ2) is 5.26. The number of carboxylic acids is 1. The van der Waals surface area contributed by atoms with Gasteiger partial charge >= 0.3 is 5.97 Å². The number of hydrogen-bond donors (Lipinski definition) is 2. The summed E-state index contributed by atoms with van der Waals surface area (Å²) in [4.78, 5) is 21.7. The molecule has 0 aliphatic rings. The molecule has 0 saturated carbocycles. The fourth-order valence-electron chi connectivity index (χ4n) is 1.23. The molecule has 4 heteroatoms. The van der Waals surface area contributed by atoms with Gasteiger partial charge in [-0.3, -0.25) is 9.59 Å². The molecule has 0 aromatic heterocycles. The van der Waals surface area contributed by atoms with Gasteiger partial charge in [-0.25, -0.2) is 0 Å². The second-order valence-corrected chi connectivity index (χ2v) is 3.25. The standard InChI is InChI=1S/C11H12O4/c12-9(7-11(14)15)6-10(13)8-4-2-1-3-5-8/h1-5,9,12H,6-7H2,(H,14,15). The lowest BCUT2D eigenvalue weighted by Crippen LogP contribution is -2.17. The first-order valence-corrected chi connectivity index (χ1v) is 4.57. The number of ketones is 1. The van der Waals surface area contributed by atoms with Crippen molar-refractivity contribution >= 4 is 11.8 Å². The van der Waals surface area contributed by atoms with Gasteiger partial charge in [0.2, 0.25) is 0 Å². The molecule has 0 aliphatic carbocycles. The Bertz CT molecular complexity index is 345. The zero-order chi connectivity index (χ0) is 11.3. The molecule has 1 atom stereocenters. The highest BCUT2D eigenvalue weighted by Crippen LogP contribution is 2.07. The molecule has 2 N–H and O–H groups in total. The number of benzene rings is 1. The Morgan fingerprint density at radius 1 is 1.13 bits per heavy atom. The van der Waals surface area contributed by atoms with Crippen LogP contribution in [0.15, 0.2) is 30.3 Å². The van der Waals surface area contributed by atoms with E-state index >= 15 is 0 Å². The quantitative estimate of drug-likeness (QED) is 0.710. The number of carbonyl (C=O) groups excluding carboxylic acids is 1. The molecule has 80 valence electrons. The molecule has 15 heavy (non-hydrogen) atoms. The van der Waals surface area contributed by atoms with Crippen LogP contribution in [0.4, 0.5) is 0 Å². The summed E-state index contributed by atoms with van der Waals surface area (Å²) < 4.78 is 0. The molecule has 0 radical (unpaired) electrons. The Hall–Kier alpha value is -1.68. The van der Waals surface area contributed by atoms with E-state index in [4.69, 9.17) is 5.11 Å². The third-order valence-corrected chi connectivity index (χ3v) is 1.93. The Morgan fingerprint density at radius 3 is 2.27 bits per heavy atom. The van der Waals surface area contributed by atoms with Crippen molar-refractivity contribution in [1.29, 1.82) is 0 Å². The average Bonchev–Trinajstić information content (AvgIpc) is 2.17. The molecule has 0 heterocycles. The SMILES string of the molecule is O=C(O)CC(O)CC(=O)c1ccccc1. The normalized spacial score (nSPS) is 12.1. The molecule has 0 aliphatic heterocycles. The van der Waals surface area contributed by atoms with Crippen LogP contribution in [-0.2, 0) is 4.79 Å². The fourth-order valence-corrected chi connectivity index (χ4v) is 1.23. The summed E-state index contributed by atoms with van der Waals surface area (Å²) in [5.74, 6) is -1.35. The average molecular weight is 208 g/mol. The van der Waals surface area contributed by atoms with Crippen molar-refractivity contribution in [1.82, 2.24) is 0 Å². The highest BCUT2D eigenvalue weighted by molar-refractivity contribution is 5.96. The van der Waals surface area contributed by atoms with Gasteiger partial charge in [-0.2, -0.15) is 0 Å². The maximum absolute atomic E-state index is 11.5. The van der Waals surface area contributed by atoms with Crippen molar-refractivity contribution in [3.05, 3.63) is 35.9 Å². The first-order chi connectivity index (χ1) is 7.09. The van der Waals surface area contributed by atoms with E-state index in [0.29, 0.717) is 5.56 Å². The van der Waals surface area contributed by atoms with Crippen molar-refractivity contribution in [3.8, 4) is 0 Å². The molecule has 1 unspecified atom stereocenters. The molecule has 0 fully saturated rings. The summed E-state index contributed by atoms with van der Waals surface area (Å²) in [6.07, 6.45) is -1.68. The summed E-state index contributed by atoms with van der Waals surface area (Å²) >= 11 is 0. The van der Waals surface area contributed by atoms with E-state index in [0.717, 1.165) is 0 Å². The van der Waals surface area contributed by atoms with Gasteiger partial charge in [0, 0.05) is 12.0 Å². The molecular weight excluding hydrogens is 196 g/mol. The van der Waals surface area contributed by atoms with Crippen molar-refractivity contribution in [2.75, 3.05) is 0 Å². The smallest absolute Gasteiger partial charge is 0.305 e. The summed E-state index contributed by atoms with van der Waals surface area (Å²) in [5, 5.41) is 17.6. The summed E-state index contributed by atoms with van der Waals surface area (Å²) in [5.41, 5.74) is 0.488. The predicted octanol–water partition coefficient (Wildman–Crippen LogP) is 1.10. The molecular formula is C11H12O4. The van der Waals surface area contributed by atoms with E-state index in [9.17, 15) is 14.7 Å². The second-order valence-electron chi connectivity index (χ2n) is 3.25. The van der Waals surface area contributed by atoms with Crippen LogP contribution in [0.3, 0.4) is 0 Å². The van der Waals surface area contributed by atoms with E-state index in [-0.39, 0.29) is 12.2 Å². The molecule has 0 spiro atoms. The summed E-state index contributed by atoms with van der Waals surface area (Å²) in [7, 11) is 0. The number of carbonyl (C=O) groups is 2. The Labute approximate surface area is 87.2 Å². The van der Waals surface area contributed by atoms with Crippen LogP contribution in [0.2, 0.25) is 0 Å². The maximum atomic E-state index is 11.5. The Kier molecular flexibility index (Phi) is 4.00. The summed E-state index contributed by atoms with van der Waals surface area (Å²) in [6, 6.07) is 8.49. The highest BCUT2D eigenvalue weighted by Gasteiger charge is 2.15. The minimum Gasteiger partial charge on any atom is -0.481 e. The minimum absolute atomic E-state index is 0.156. The van der Waals surface area contributed by atoms with Crippen LogP contribution >= 0.6 is 0 Å². The number of aliphatic hydroxyl groups is 1. The van der Waals surface area contributed by atoms with Gasteiger partial charge in [0.1, 0.15) is 0 Å². The molecule has 1 aromatic rings. The van der Waals surface area contributed by atoms with Crippen molar-refractivity contribution in [2.24, 2.45) is 0 Å². The highest BCUT2D eigenvalue weighted by atomic mass is 16.4.